The smallest absolute Gasteiger partial charge is 0.0917 e. The SMILES string of the molecule is CCN(Cc1scnc1C)CC(O)c1ccc(C)cc1. The van der Waals surface area contributed by atoms with Crippen molar-refractivity contribution < 1.29 is 5.11 Å². The zero-order chi connectivity index (χ0) is 14.5. The molecule has 20 heavy (non-hydrogen) atoms. The highest BCUT2D eigenvalue weighted by Crippen LogP contribution is 2.19. The summed E-state index contributed by atoms with van der Waals surface area (Å²) in [5, 5.41) is 10.4. The Morgan fingerprint density at radius 3 is 2.50 bits per heavy atom. The van der Waals surface area contributed by atoms with E-state index in [1.54, 1.807) is 11.3 Å². The van der Waals surface area contributed by atoms with Crippen molar-refractivity contribution in [1.82, 2.24) is 9.88 Å². The molecular formula is C16H22N2OS. The third-order valence-corrected chi connectivity index (χ3v) is 4.47. The van der Waals surface area contributed by atoms with E-state index in [1.165, 1.54) is 10.4 Å². The maximum Gasteiger partial charge on any atom is 0.0917 e. The predicted molar refractivity (Wildman–Crippen MR) is 83.9 cm³/mol. The van der Waals surface area contributed by atoms with Gasteiger partial charge in [-0.3, -0.25) is 4.90 Å². The third kappa shape index (κ3) is 3.88. The van der Waals surface area contributed by atoms with Gasteiger partial charge in [0.2, 0.25) is 0 Å². The summed E-state index contributed by atoms with van der Waals surface area (Å²) < 4.78 is 0. The molecule has 1 atom stereocenters. The number of likely N-dealkylation sites (N-methyl/N-ethyl adjacent to an activating group) is 1. The maximum absolute atomic E-state index is 10.4. The molecule has 0 aliphatic heterocycles. The third-order valence-electron chi connectivity index (χ3n) is 3.55. The lowest BCUT2D eigenvalue weighted by molar-refractivity contribution is 0.113. The average Bonchev–Trinajstić information content (AvgIpc) is 2.84. The minimum absolute atomic E-state index is 0.441. The van der Waals surface area contributed by atoms with Gasteiger partial charge in [-0.15, -0.1) is 11.3 Å². The fourth-order valence-corrected chi connectivity index (χ4v) is 2.94. The Morgan fingerprint density at radius 2 is 1.95 bits per heavy atom. The van der Waals surface area contributed by atoms with Crippen molar-refractivity contribution >= 4 is 11.3 Å². The number of hydrogen-bond acceptors (Lipinski definition) is 4. The zero-order valence-corrected chi connectivity index (χ0v) is 13.2. The Morgan fingerprint density at radius 1 is 1.25 bits per heavy atom. The van der Waals surface area contributed by atoms with Crippen LogP contribution < -0.4 is 0 Å². The number of aliphatic hydroxyl groups is 1. The molecule has 4 heteroatoms. The molecule has 1 heterocycles. The number of aromatic nitrogens is 1. The molecule has 0 bridgehead atoms. The van der Waals surface area contributed by atoms with E-state index in [1.807, 2.05) is 36.7 Å². The lowest BCUT2D eigenvalue weighted by Gasteiger charge is -2.23. The molecule has 1 unspecified atom stereocenters. The summed E-state index contributed by atoms with van der Waals surface area (Å²) in [4.78, 5) is 7.82. The average molecular weight is 290 g/mol. The number of hydrogen-bond donors (Lipinski definition) is 1. The van der Waals surface area contributed by atoms with Gasteiger partial charge in [0.15, 0.2) is 0 Å². The summed E-state index contributed by atoms with van der Waals surface area (Å²) in [5.74, 6) is 0. The van der Waals surface area contributed by atoms with Crippen LogP contribution in [-0.2, 0) is 6.54 Å². The van der Waals surface area contributed by atoms with Crippen LogP contribution in [0.4, 0.5) is 0 Å². The summed E-state index contributed by atoms with van der Waals surface area (Å²) >= 11 is 1.68. The van der Waals surface area contributed by atoms with Crippen molar-refractivity contribution in [3.63, 3.8) is 0 Å². The van der Waals surface area contributed by atoms with Crippen molar-refractivity contribution in [2.45, 2.75) is 33.4 Å². The van der Waals surface area contributed by atoms with Crippen LogP contribution in [0.15, 0.2) is 29.8 Å². The standard InChI is InChI=1S/C16H22N2OS/c1-4-18(10-16-13(3)17-11-20-16)9-15(19)14-7-5-12(2)6-8-14/h5-8,11,15,19H,4,9-10H2,1-3H3. The second-order valence-corrected chi connectivity index (χ2v) is 6.05. The molecule has 2 rings (SSSR count). The Hall–Kier alpha value is -1.23. The fourth-order valence-electron chi connectivity index (χ4n) is 2.13. The lowest BCUT2D eigenvalue weighted by atomic mass is 10.1. The van der Waals surface area contributed by atoms with E-state index in [4.69, 9.17) is 0 Å². The molecule has 0 aliphatic carbocycles. The first-order chi connectivity index (χ1) is 9.60. The van der Waals surface area contributed by atoms with Crippen molar-refractivity contribution in [3.05, 3.63) is 51.5 Å². The summed E-state index contributed by atoms with van der Waals surface area (Å²) in [6.07, 6.45) is -0.441. The van der Waals surface area contributed by atoms with E-state index in [-0.39, 0.29) is 0 Å². The van der Waals surface area contributed by atoms with Crippen LogP contribution >= 0.6 is 11.3 Å². The van der Waals surface area contributed by atoms with E-state index in [2.05, 4.69) is 23.7 Å². The molecule has 3 nitrogen and oxygen atoms in total. The van der Waals surface area contributed by atoms with Gasteiger partial charge >= 0.3 is 0 Å². The van der Waals surface area contributed by atoms with Crippen molar-refractivity contribution in [3.8, 4) is 0 Å². The highest BCUT2D eigenvalue weighted by molar-refractivity contribution is 7.09. The normalized spacial score (nSPS) is 12.8. The Kier molecular flexibility index (Phi) is 5.29. The van der Waals surface area contributed by atoms with E-state index >= 15 is 0 Å². The molecule has 0 radical (unpaired) electrons. The van der Waals surface area contributed by atoms with Gasteiger partial charge < -0.3 is 5.11 Å². The minimum atomic E-state index is -0.441. The van der Waals surface area contributed by atoms with Crippen LogP contribution in [0.25, 0.3) is 0 Å². The monoisotopic (exact) mass is 290 g/mol. The lowest BCUT2D eigenvalue weighted by Crippen LogP contribution is -2.28. The van der Waals surface area contributed by atoms with Gasteiger partial charge in [-0.25, -0.2) is 4.98 Å². The summed E-state index contributed by atoms with van der Waals surface area (Å²) in [5.41, 5.74) is 5.18. The quantitative estimate of drug-likeness (QED) is 0.886. The number of rotatable bonds is 6. The molecule has 1 aromatic carbocycles. The molecule has 0 amide bonds. The predicted octanol–water partition coefficient (Wildman–Crippen LogP) is 3.32. The molecule has 108 valence electrons. The van der Waals surface area contributed by atoms with Crippen LogP contribution in [-0.4, -0.2) is 28.1 Å². The largest absolute Gasteiger partial charge is 0.387 e. The minimum Gasteiger partial charge on any atom is -0.387 e. The van der Waals surface area contributed by atoms with Gasteiger partial charge in [0.05, 0.1) is 17.3 Å². The first-order valence-electron chi connectivity index (χ1n) is 6.96. The van der Waals surface area contributed by atoms with Gasteiger partial charge in [-0.2, -0.15) is 0 Å². The van der Waals surface area contributed by atoms with Crippen molar-refractivity contribution in [2.24, 2.45) is 0 Å². The first-order valence-corrected chi connectivity index (χ1v) is 7.84. The Balaban J connectivity index is 1.99. The summed E-state index contributed by atoms with van der Waals surface area (Å²) in [6.45, 7) is 8.64. The number of benzene rings is 1. The Bertz CT molecular complexity index is 536. The van der Waals surface area contributed by atoms with E-state index in [0.717, 1.165) is 24.3 Å². The number of nitrogens with zero attached hydrogens (tertiary/aromatic N) is 2. The maximum atomic E-state index is 10.4. The molecular weight excluding hydrogens is 268 g/mol. The molecule has 0 spiro atoms. The topological polar surface area (TPSA) is 36.4 Å². The second kappa shape index (κ2) is 6.97. The molecule has 1 aromatic heterocycles. The van der Waals surface area contributed by atoms with Crippen molar-refractivity contribution in [1.29, 1.82) is 0 Å². The van der Waals surface area contributed by atoms with Gasteiger partial charge in [0.1, 0.15) is 0 Å². The van der Waals surface area contributed by atoms with Gasteiger partial charge in [0, 0.05) is 18.0 Å². The fraction of sp³-hybridized carbons (Fsp3) is 0.438. The molecule has 2 aromatic rings. The Labute approximate surface area is 124 Å². The zero-order valence-electron chi connectivity index (χ0n) is 12.3. The van der Waals surface area contributed by atoms with E-state index in [9.17, 15) is 5.11 Å². The van der Waals surface area contributed by atoms with Crippen LogP contribution in [0.1, 0.15) is 34.7 Å². The van der Waals surface area contributed by atoms with Gasteiger partial charge in [0.25, 0.3) is 0 Å². The highest BCUT2D eigenvalue weighted by atomic mass is 32.1. The summed E-state index contributed by atoms with van der Waals surface area (Å²) in [7, 11) is 0. The van der Waals surface area contributed by atoms with Crippen LogP contribution in [0, 0.1) is 13.8 Å². The highest BCUT2D eigenvalue weighted by Gasteiger charge is 2.14. The number of thiazole rings is 1. The summed E-state index contributed by atoms with van der Waals surface area (Å²) in [6, 6.07) is 8.10. The van der Waals surface area contributed by atoms with Gasteiger partial charge in [-0.1, -0.05) is 36.8 Å². The van der Waals surface area contributed by atoms with Gasteiger partial charge in [-0.05, 0) is 26.0 Å². The number of aliphatic hydroxyl groups excluding tert-OH is 1. The molecule has 0 saturated heterocycles. The van der Waals surface area contributed by atoms with Crippen LogP contribution in [0.3, 0.4) is 0 Å². The molecule has 0 fully saturated rings. The van der Waals surface area contributed by atoms with Crippen molar-refractivity contribution in [2.75, 3.05) is 13.1 Å². The molecule has 0 aliphatic rings. The first kappa shape index (κ1) is 15.2. The van der Waals surface area contributed by atoms with E-state index < -0.39 is 6.10 Å². The van der Waals surface area contributed by atoms with E-state index in [0.29, 0.717) is 6.54 Å². The number of aryl methyl sites for hydroxylation is 2. The molecule has 1 N–H and O–H groups in total. The van der Waals surface area contributed by atoms with Crippen LogP contribution in [0.5, 0.6) is 0 Å². The molecule has 0 saturated carbocycles. The second-order valence-electron chi connectivity index (χ2n) is 5.12. The van der Waals surface area contributed by atoms with Crippen LogP contribution in [0.2, 0.25) is 0 Å².